The molecule has 0 aliphatic rings. The van der Waals surface area contributed by atoms with E-state index in [-0.39, 0.29) is 18.9 Å². The summed E-state index contributed by atoms with van der Waals surface area (Å²) in [5, 5.41) is 11.4. The molecule has 1 rings (SSSR count). The molecule has 14 heavy (non-hydrogen) atoms. The topological polar surface area (TPSA) is 49.3 Å². The van der Waals surface area contributed by atoms with Crippen LogP contribution in [0.25, 0.3) is 0 Å². The minimum Gasteiger partial charge on any atom is -0.395 e. The zero-order valence-corrected chi connectivity index (χ0v) is 9.25. The van der Waals surface area contributed by atoms with Crippen LogP contribution in [0.1, 0.15) is 10.4 Å². The Labute approximate surface area is 91.3 Å². The van der Waals surface area contributed by atoms with Gasteiger partial charge in [-0.05, 0) is 12.1 Å². The van der Waals surface area contributed by atoms with Crippen LogP contribution in [-0.4, -0.2) is 30.6 Å². The number of aliphatic hydroxyl groups is 1. The van der Waals surface area contributed by atoms with Crippen molar-refractivity contribution in [2.45, 2.75) is 0 Å². The Balaban J connectivity index is 2.52. The van der Waals surface area contributed by atoms with Crippen molar-refractivity contribution in [3.05, 3.63) is 34.3 Å². The average Bonchev–Trinajstić information content (AvgIpc) is 2.18. The monoisotopic (exact) mass is 257 g/mol. The van der Waals surface area contributed by atoms with E-state index < -0.39 is 0 Å². The fraction of sp³-hybridized carbons (Fsp3) is 0.300. The van der Waals surface area contributed by atoms with Gasteiger partial charge in [-0.1, -0.05) is 28.1 Å². The summed E-state index contributed by atoms with van der Waals surface area (Å²) in [7, 11) is 0. The Morgan fingerprint density at radius 1 is 1.50 bits per heavy atom. The minimum atomic E-state index is 0.0275. The summed E-state index contributed by atoms with van der Waals surface area (Å²) in [6.45, 7) is 0.753. The number of carbonyl (C=O) groups is 1. The third-order valence-electron chi connectivity index (χ3n) is 1.72. The molecule has 0 aliphatic carbocycles. The van der Waals surface area contributed by atoms with Gasteiger partial charge in [0.05, 0.1) is 13.2 Å². The first-order chi connectivity index (χ1) is 6.74. The van der Waals surface area contributed by atoms with Crippen molar-refractivity contribution in [3.8, 4) is 0 Å². The molecular formula is C10H12BrNO2. The normalized spacial score (nSPS) is 10.1. The molecule has 0 spiro atoms. The van der Waals surface area contributed by atoms with Gasteiger partial charge in [-0.3, -0.25) is 4.79 Å². The first kappa shape index (κ1) is 11.4. The average molecular weight is 258 g/mol. The SMILES string of the molecule is O=C(CNCCO)c1cccc(Br)c1. The fourth-order valence-electron chi connectivity index (χ4n) is 1.04. The number of Topliss-reactive ketones (excluding diaryl/α,β-unsaturated/α-hetero) is 1. The molecule has 4 heteroatoms. The van der Waals surface area contributed by atoms with Gasteiger partial charge < -0.3 is 10.4 Å². The zero-order valence-electron chi connectivity index (χ0n) is 7.66. The number of ketones is 1. The van der Waals surface area contributed by atoms with Crippen LogP contribution in [0.2, 0.25) is 0 Å². The van der Waals surface area contributed by atoms with Crippen LogP contribution in [0, 0.1) is 0 Å². The van der Waals surface area contributed by atoms with Gasteiger partial charge in [-0.15, -0.1) is 0 Å². The molecule has 0 aromatic heterocycles. The van der Waals surface area contributed by atoms with E-state index in [4.69, 9.17) is 5.11 Å². The molecule has 0 fully saturated rings. The van der Waals surface area contributed by atoms with E-state index in [1.54, 1.807) is 12.1 Å². The van der Waals surface area contributed by atoms with Crippen LogP contribution in [0.15, 0.2) is 28.7 Å². The van der Waals surface area contributed by atoms with Crippen molar-refractivity contribution < 1.29 is 9.90 Å². The van der Waals surface area contributed by atoms with E-state index in [9.17, 15) is 4.79 Å². The third-order valence-corrected chi connectivity index (χ3v) is 2.21. The van der Waals surface area contributed by atoms with Crippen LogP contribution in [0.5, 0.6) is 0 Å². The molecule has 0 saturated heterocycles. The first-order valence-electron chi connectivity index (χ1n) is 4.34. The smallest absolute Gasteiger partial charge is 0.176 e. The Morgan fingerprint density at radius 2 is 2.29 bits per heavy atom. The van der Waals surface area contributed by atoms with Gasteiger partial charge in [-0.25, -0.2) is 0 Å². The highest BCUT2D eigenvalue weighted by atomic mass is 79.9. The van der Waals surface area contributed by atoms with Crippen LogP contribution in [0.3, 0.4) is 0 Å². The number of halogens is 1. The second kappa shape index (κ2) is 5.90. The molecule has 0 radical (unpaired) electrons. The molecule has 0 aliphatic heterocycles. The minimum absolute atomic E-state index is 0.0275. The van der Waals surface area contributed by atoms with Crippen LogP contribution in [-0.2, 0) is 0 Å². The molecule has 2 N–H and O–H groups in total. The molecule has 76 valence electrons. The van der Waals surface area contributed by atoms with Gasteiger partial charge in [0, 0.05) is 16.6 Å². The van der Waals surface area contributed by atoms with E-state index in [0.717, 1.165) is 4.47 Å². The Kier molecular flexibility index (Phi) is 4.79. The standard InChI is InChI=1S/C10H12BrNO2/c11-9-3-1-2-8(6-9)10(14)7-12-4-5-13/h1-3,6,12-13H,4-5,7H2. The van der Waals surface area contributed by atoms with E-state index >= 15 is 0 Å². The highest BCUT2D eigenvalue weighted by Gasteiger charge is 2.04. The number of rotatable bonds is 5. The summed E-state index contributed by atoms with van der Waals surface area (Å²) in [4.78, 5) is 11.5. The summed E-state index contributed by atoms with van der Waals surface area (Å²) >= 11 is 3.30. The highest BCUT2D eigenvalue weighted by molar-refractivity contribution is 9.10. The van der Waals surface area contributed by atoms with Gasteiger partial charge >= 0.3 is 0 Å². The predicted octanol–water partition coefficient (Wildman–Crippen LogP) is 1.21. The van der Waals surface area contributed by atoms with Gasteiger partial charge in [0.25, 0.3) is 0 Å². The number of hydrogen-bond donors (Lipinski definition) is 2. The maximum atomic E-state index is 11.5. The van der Waals surface area contributed by atoms with E-state index in [2.05, 4.69) is 21.2 Å². The number of hydrogen-bond acceptors (Lipinski definition) is 3. The number of aliphatic hydroxyl groups excluding tert-OH is 1. The summed E-state index contributed by atoms with van der Waals surface area (Å²) < 4.78 is 0.894. The maximum Gasteiger partial charge on any atom is 0.176 e. The van der Waals surface area contributed by atoms with Crippen LogP contribution < -0.4 is 5.32 Å². The summed E-state index contributed by atoms with van der Waals surface area (Å²) in [6.07, 6.45) is 0. The number of nitrogens with one attached hydrogen (secondary N) is 1. The maximum absolute atomic E-state index is 11.5. The second-order valence-corrected chi connectivity index (χ2v) is 3.75. The lowest BCUT2D eigenvalue weighted by molar-refractivity contribution is 0.0989. The van der Waals surface area contributed by atoms with Gasteiger partial charge in [0.2, 0.25) is 0 Å². The second-order valence-electron chi connectivity index (χ2n) is 2.83. The molecule has 0 amide bonds. The molecule has 0 bridgehead atoms. The number of carbonyl (C=O) groups excluding carboxylic acids is 1. The lowest BCUT2D eigenvalue weighted by Crippen LogP contribution is -2.25. The molecule has 1 aromatic carbocycles. The van der Waals surface area contributed by atoms with Crippen molar-refractivity contribution >= 4 is 21.7 Å². The first-order valence-corrected chi connectivity index (χ1v) is 5.13. The summed E-state index contributed by atoms with van der Waals surface area (Å²) in [6, 6.07) is 7.25. The number of benzene rings is 1. The Morgan fingerprint density at radius 3 is 2.93 bits per heavy atom. The van der Waals surface area contributed by atoms with E-state index in [1.807, 2.05) is 12.1 Å². The molecule has 0 heterocycles. The summed E-state index contributed by atoms with van der Waals surface area (Å²) in [5.41, 5.74) is 0.671. The van der Waals surface area contributed by atoms with Gasteiger partial charge in [0.1, 0.15) is 0 Å². The van der Waals surface area contributed by atoms with Gasteiger partial charge in [-0.2, -0.15) is 0 Å². The van der Waals surface area contributed by atoms with Crippen molar-refractivity contribution in [2.75, 3.05) is 19.7 Å². The van der Waals surface area contributed by atoms with Crippen molar-refractivity contribution in [3.63, 3.8) is 0 Å². The molecular weight excluding hydrogens is 246 g/mol. The molecule has 0 saturated carbocycles. The van der Waals surface area contributed by atoms with Crippen molar-refractivity contribution in [1.29, 1.82) is 0 Å². The Bertz CT molecular complexity index is 315. The van der Waals surface area contributed by atoms with Crippen LogP contribution in [0.4, 0.5) is 0 Å². The van der Waals surface area contributed by atoms with E-state index in [0.29, 0.717) is 12.1 Å². The molecule has 0 atom stereocenters. The highest BCUT2D eigenvalue weighted by Crippen LogP contribution is 2.11. The zero-order chi connectivity index (χ0) is 10.4. The van der Waals surface area contributed by atoms with Crippen molar-refractivity contribution in [1.82, 2.24) is 5.32 Å². The molecule has 0 unspecified atom stereocenters. The lowest BCUT2D eigenvalue weighted by atomic mass is 10.1. The van der Waals surface area contributed by atoms with Gasteiger partial charge in [0.15, 0.2) is 5.78 Å². The quantitative estimate of drug-likeness (QED) is 0.616. The fourth-order valence-corrected chi connectivity index (χ4v) is 1.44. The predicted molar refractivity (Wildman–Crippen MR) is 58.4 cm³/mol. The molecule has 1 aromatic rings. The van der Waals surface area contributed by atoms with Crippen molar-refractivity contribution in [2.24, 2.45) is 0 Å². The van der Waals surface area contributed by atoms with Crippen LogP contribution >= 0.6 is 15.9 Å². The molecule has 3 nitrogen and oxygen atoms in total. The summed E-state index contributed by atoms with van der Waals surface area (Å²) in [5.74, 6) is 0.0275. The Hall–Kier alpha value is -0.710. The lowest BCUT2D eigenvalue weighted by Gasteiger charge is -2.02. The van der Waals surface area contributed by atoms with E-state index in [1.165, 1.54) is 0 Å². The third kappa shape index (κ3) is 3.57. The largest absolute Gasteiger partial charge is 0.395 e.